The Morgan fingerprint density at radius 1 is 0.655 bits per heavy atom. The number of carboxylic acids is 2. The van der Waals surface area contributed by atoms with E-state index in [9.17, 15) is 64.9 Å². The summed E-state index contributed by atoms with van der Waals surface area (Å²) in [5.74, 6) is -4.59. The number of Topliss-reactive ketones (excluding diaryl/α,β-unsaturated/α-hetero) is 2. The number of aliphatic carboxylic acids is 2. The van der Waals surface area contributed by atoms with Crippen LogP contribution in [-0.2, 0) is 119 Å². The van der Waals surface area contributed by atoms with E-state index in [2.05, 4.69) is 59.2 Å². The van der Waals surface area contributed by atoms with E-state index in [0.29, 0.717) is 49.4 Å². The molecule has 3 atom stereocenters. The number of rotatable bonds is 38. The average Bonchev–Trinajstić information content (AvgIpc) is 1.60. The molecule has 600 valence electrons. The van der Waals surface area contributed by atoms with E-state index in [4.69, 9.17) is 61.7 Å². The van der Waals surface area contributed by atoms with Crippen molar-refractivity contribution in [2.45, 2.75) is 141 Å². The third kappa shape index (κ3) is 34.4. The molecular formula is C72H89N5O28S5. The number of allylic oxidation sites excluding steroid dienone is 7. The molecule has 0 spiro atoms. The van der Waals surface area contributed by atoms with Gasteiger partial charge in [0.25, 0.3) is 10.1 Å². The number of anilines is 1. The molecule has 6 N–H and O–H groups in total. The largest absolute Gasteiger partial charge is 0.748 e. The highest BCUT2D eigenvalue weighted by Crippen LogP contribution is 2.48. The summed E-state index contributed by atoms with van der Waals surface area (Å²) in [6.45, 7) is 11.6. The predicted molar refractivity (Wildman–Crippen MR) is 394 cm³/mol. The minimum Gasteiger partial charge on any atom is -0.748 e. The number of fused-ring (bicyclic) bond motifs is 2. The van der Waals surface area contributed by atoms with Crippen molar-refractivity contribution in [3.63, 3.8) is 0 Å². The van der Waals surface area contributed by atoms with Gasteiger partial charge in [-0.05, 0) is 130 Å². The minimum atomic E-state index is -4.46. The maximum Gasteiger partial charge on any atom is 0.425 e. The summed E-state index contributed by atoms with van der Waals surface area (Å²) in [5.41, 5.74) is 7.83. The van der Waals surface area contributed by atoms with E-state index >= 15 is 0 Å². The normalized spacial score (nSPS) is 15.4. The molecule has 0 radical (unpaired) electrons. The maximum atomic E-state index is 14.2. The number of nitrogens with zero attached hydrogens (tertiary/aromatic N) is 2. The molecule has 110 heavy (non-hydrogen) atoms. The summed E-state index contributed by atoms with van der Waals surface area (Å²) in [5, 5.41) is 27.6. The number of ether oxygens (including phenoxy) is 3. The molecule has 0 aromatic heterocycles. The molecule has 2 aliphatic heterocycles. The SMILES string of the molecule is CCNC(=O)N[C@@H](CCC(=O)CCCOCCOCCC(=O)N[C@@H](Cc1ccccc1)C(=O)C[C@@H](Cc1ccc(OC2=C(/C=C/C3=[N+](CCCS(=O)(=O)[O-])c4ccccc4C3(C)C)CCC/C2=C\C=C2\N(CCCS(=O)(=O)O)c3ccccc3C2(C)C)cc1)C(=O)O)C(=O)O.O=C=O.O=S(=O)=O.O=S(=O)=O.O=S(=O)=O. The number of ketones is 2. The Labute approximate surface area is 641 Å². The summed E-state index contributed by atoms with van der Waals surface area (Å²) in [4.78, 5) is 94.5. The van der Waals surface area contributed by atoms with Crippen LogP contribution in [0.3, 0.4) is 0 Å². The lowest BCUT2D eigenvalue weighted by atomic mass is 9.81. The van der Waals surface area contributed by atoms with E-state index in [1.165, 1.54) is 0 Å². The van der Waals surface area contributed by atoms with Crippen LogP contribution in [0.15, 0.2) is 150 Å². The highest BCUT2D eigenvalue weighted by Gasteiger charge is 2.44. The Kier molecular flexibility index (Phi) is 40.5. The van der Waals surface area contributed by atoms with Gasteiger partial charge in [0.05, 0.1) is 53.1 Å². The van der Waals surface area contributed by atoms with Crippen molar-refractivity contribution in [2.75, 3.05) is 62.5 Å². The molecule has 0 unspecified atom stereocenters. The zero-order chi connectivity index (χ0) is 82.4. The molecule has 0 saturated heterocycles. The first-order valence-corrected chi connectivity index (χ1v) is 40.4. The van der Waals surface area contributed by atoms with Crippen LogP contribution in [0.1, 0.15) is 128 Å². The fraction of sp³-hybridized carbons (Fsp3) is 0.444. The van der Waals surface area contributed by atoms with E-state index in [1.807, 2.05) is 85.0 Å². The van der Waals surface area contributed by atoms with Crippen LogP contribution in [0.25, 0.3) is 0 Å². The fourth-order valence-electron chi connectivity index (χ4n) is 12.3. The first kappa shape index (κ1) is 94.3. The van der Waals surface area contributed by atoms with Gasteiger partial charge < -0.3 is 49.8 Å². The average molecular weight is 1630 g/mol. The van der Waals surface area contributed by atoms with Crippen molar-refractivity contribution in [3.05, 3.63) is 172 Å². The Morgan fingerprint density at radius 3 is 1.83 bits per heavy atom. The van der Waals surface area contributed by atoms with Crippen LogP contribution in [-0.4, -0.2) is 196 Å². The summed E-state index contributed by atoms with van der Waals surface area (Å²) < 4.78 is 165. The van der Waals surface area contributed by atoms with Gasteiger partial charge in [0, 0.05) is 92.1 Å². The van der Waals surface area contributed by atoms with Crippen molar-refractivity contribution in [3.8, 4) is 5.75 Å². The number of nitrogens with one attached hydrogen (secondary N) is 3. The van der Waals surface area contributed by atoms with Gasteiger partial charge in [0.2, 0.25) is 11.6 Å². The van der Waals surface area contributed by atoms with Gasteiger partial charge in [-0.1, -0.05) is 98.8 Å². The molecule has 4 aromatic rings. The molecule has 0 fully saturated rings. The lowest BCUT2D eigenvalue weighted by molar-refractivity contribution is -0.437. The Balaban J connectivity index is 0.00000191. The molecule has 3 amide bonds. The van der Waals surface area contributed by atoms with Gasteiger partial charge >= 0.3 is 55.9 Å². The quantitative estimate of drug-likeness (QED) is 0.0180. The first-order valence-electron chi connectivity index (χ1n) is 34.2. The predicted octanol–water partition coefficient (Wildman–Crippen LogP) is 5.62. The number of benzene rings is 4. The highest BCUT2D eigenvalue weighted by molar-refractivity contribution is 7.86. The van der Waals surface area contributed by atoms with Crippen LogP contribution in [0, 0.1) is 5.92 Å². The number of urea groups is 1. The van der Waals surface area contributed by atoms with Crippen molar-refractivity contribution in [2.24, 2.45) is 5.92 Å². The van der Waals surface area contributed by atoms with E-state index in [1.54, 1.807) is 43.3 Å². The third-order valence-corrected chi connectivity index (χ3v) is 18.8. The summed E-state index contributed by atoms with van der Waals surface area (Å²) in [7, 11) is -18.0. The van der Waals surface area contributed by atoms with Gasteiger partial charge in [-0.15, -0.1) is 37.9 Å². The van der Waals surface area contributed by atoms with Crippen LogP contribution in [0.5, 0.6) is 5.75 Å². The second kappa shape index (κ2) is 47.2. The Bertz CT molecular complexity index is 4570. The van der Waals surface area contributed by atoms with Crippen molar-refractivity contribution in [1.29, 1.82) is 0 Å². The number of carbonyl (C=O) groups is 6. The Morgan fingerprint density at radius 2 is 1.24 bits per heavy atom. The second-order valence-electron chi connectivity index (χ2n) is 25.7. The van der Waals surface area contributed by atoms with Gasteiger partial charge in [-0.3, -0.25) is 23.7 Å². The molecule has 2 heterocycles. The van der Waals surface area contributed by atoms with Gasteiger partial charge in [0.15, 0.2) is 11.5 Å². The molecule has 38 heteroatoms. The first-order chi connectivity index (χ1) is 51.8. The minimum absolute atomic E-state index is 0.00194. The number of carbonyl (C=O) groups excluding carboxylic acids is 6. The van der Waals surface area contributed by atoms with E-state index < -0.39 is 122 Å². The summed E-state index contributed by atoms with van der Waals surface area (Å²) >= 11 is 0. The summed E-state index contributed by atoms with van der Waals surface area (Å²) in [6, 6.07) is 29.0. The standard InChI is InChI=1S/C71H89N5O17S2.CO2.3O3S/c1-6-72-69(84)74-58(68(82)83)34-31-54(77)22-15-40-91-42-43-92-41-37-65(79)73-59(47-49-18-8-7-9-19-49)62(78)48-53(67(80)81)46-50-27-32-55(33-28-50)93-66-51(29-35-63-70(2,3)56-23-10-12-25-60(56)75(63)38-16-44-94(85,86)87)20-14-21-52(66)30-36-64-71(4,5)57-24-11-13-26-61(57)76(64)39-17-45-95(88,89)90;2-1-3;3*1-4(2)3/h7-13,18-19,23-30,32-33,35-36,53,58-59H,6,14-17,20-22,31,34,37-48H2,1-5H3,(H6-,72,73,74,79,80,81,82,83,84,85,86,87,88,89,90);;;;/t53-,58+,59+;;;;/m1..../s1. The number of para-hydroxylation sites is 2. The third-order valence-electron chi connectivity index (χ3n) is 17.2. The van der Waals surface area contributed by atoms with Gasteiger partial charge in [-0.25, -0.2) is 18.0 Å². The van der Waals surface area contributed by atoms with Crippen molar-refractivity contribution >= 4 is 111 Å². The maximum absolute atomic E-state index is 14.2. The zero-order valence-corrected chi connectivity index (χ0v) is 65.0. The lowest BCUT2D eigenvalue weighted by Crippen LogP contribution is -2.46. The second-order valence-corrected chi connectivity index (χ2v) is 30.0. The summed E-state index contributed by atoms with van der Waals surface area (Å²) in [6.07, 6.45) is 10.8. The van der Waals surface area contributed by atoms with Crippen LogP contribution in [0.4, 0.5) is 16.2 Å². The molecular weight excluding hydrogens is 1540 g/mol. The molecule has 3 aliphatic rings. The number of hydrogen-bond donors (Lipinski definition) is 6. The van der Waals surface area contributed by atoms with Crippen LogP contribution < -0.4 is 25.6 Å². The Hall–Kier alpha value is -9.89. The smallest absolute Gasteiger partial charge is 0.425 e. The van der Waals surface area contributed by atoms with Crippen molar-refractivity contribution < 1.29 is 131 Å². The van der Waals surface area contributed by atoms with Gasteiger partial charge in [-0.2, -0.15) is 22.6 Å². The lowest BCUT2D eigenvalue weighted by Gasteiger charge is -2.27. The van der Waals surface area contributed by atoms with Gasteiger partial charge in [0.1, 0.15) is 29.9 Å². The fourth-order valence-corrected chi connectivity index (χ4v) is 13.3. The molecule has 0 bridgehead atoms. The van der Waals surface area contributed by atoms with Crippen molar-refractivity contribution in [1.82, 2.24) is 16.0 Å². The number of hydrogen-bond acceptors (Lipinski definition) is 26. The molecule has 1 aliphatic carbocycles. The monoisotopic (exact) mass is 1630 g/mol. The highest BCUT2D eigenvalue weighted by atomic mass is 32.2. The van der Waals surface area contributed by atoms with E-state index in [0.717, 1.165) is 57.0 Å². The topological polar surface area (TPSA) is 512 Å². The van der Waals surface area contributed by atoms with Crippen LogP contribution >= 0.6 is 0 Å². The molecule has 4 aromatic carbocycles. The van der Waals surface area contributed by atoms with E-state index in [-0.39, 0.29) is 103 Å². The molecule has 0 saturated carbocycles. The molecule has 33 nitrogen and oxygen atoms in total. The molecule has 7 rings (SSSR count). The number of carboxylic acid groups (broad SMARTS) is 2. The number of amides is 3. The van der Waals surface area contributed by atoms with Crippen LogP contribution in [0.2, 0.25) is 0 Å². The zero-order valence-electron chi connectivity index (χ0n) is 60.9.